The highest BCUT2D eigenvalue weighted by Crippen LogP contribution is 2.32. The monoisotopic (exact) mass is 379 g/mol. The van der Waals surface area contributed by atoms with Crippen LogP contribution in [0.3, 0.4) is 0 Å². The first-order valence-corrected chi connectivity index (χ1v) is 9.25. The van der Waals surface area contributed by atoms with Crippen molar-refractivity contribution >= 4 is 22.7 Å². The molecule has 28 heavy (non-hydrogen) atoms. The number of anilines is 1. The number of benzene rings is 2. The molecule has 1 saturated heterocycles. The molecule has 0 amide bonds. The van der Waals surface area contributed by atoms with Crippen LogP contribution in [0, 0.1) is 6.57 Å². The summed E-state index contributed by atoms with van der Waals surface area (Å²) in [7, 11) is 1.63. The molecule has 1 fully saturated rings. The molecule has 2 aromatic carbocycles. The molecule has 144 valence electrons. The van der Waals surface area contributed by atoms with Gasteiger partial charge in [0.2, 0.25) is 5.95 Å². The van der Waals surface area contributed by atoms with Gasteiger partial charge in [0.25, 0.3) is 0 Å². The molecule has 0 saturated carbocycles. The van der Waals surface area contributed by atoms with Crippen LogP contribution in [0.5, 0.6) is 5.75 Å². The Hall–Kier alpha value is -3.11. The third kappa shape index (κ3) is 3.27. The van der Waals surface area contributed by atoms with Gasteiger partial charge in [-0.05, 0) is 24.1 Å². The third-order valence-corrected chi connectivity index (χ3v) is 5.20. The second-order valence-corrected chi connectivity index (χ2v) is 7.02. The van der Waals surface area contributed by atoms with Crippen molar-refractivity contribution in [1.82, 2.24) is 9.55 Å². The van der Waals surface area contributed by atoms with E-state index in [1.54, 1.807) is 7.11 Å². The molecule has 6 nitrogen and oxygen atoms in total. The molecule has 7 heteroatoms. The van der Waals surface area contributed by atoms with E-state index in [1.165, 1.54) is 0 Å². The summed E-state index contributed by atoms with van der Waals surface area (Å²) in [6.07, 6.45) is -0.592. The van der Waals surface area contributed by atoms with E-state index in [1.807, 2.05) is 47.4 Å². The zero-order valence-corrected chi connectivity index (χ0v) is 15.7. The highest BCUT2D eigenvalue weighted by atomic mass is 19.1. The molecule has 3 aromatic rings. The van der Waals surface area contributed by atoms with Crippen molar-refractivity contribution in [3.05, 3.63) is 59.4 Å². The molecule has 1 aliphatic rings. The Balaban J connectivity index is 1.78. The molecule has 0 radical (unpaired) electrons. The first-order chi connectivity index (χ1) is 13.6. The summed E-state index contributed by atoms with van der Waals surface area (Å²) in [6, 6.07) is 12.8. The van der Waals surface area contributed by atoms with Crippen LogP contribution in [0.4, 0.5) is 16.0 Å². The molecular weight excluding hydrogens is 357 g/mol. The molecule has 2 heterocycles. The number of fused-ring (bicyclic) bond motifs is 1. The van der Waals surface area contributed by atoms with E-state index < -0.39 is 12.2 Å². The van der Waals surface area contributed by atoms with Gasteiger partial charge in [-0.1, -0.05) is 30.3 Å². The molecule has 0 aliphatic carbocycles. The van der Waals surface area contributed by atoms with Crippen LogP contribution in [0.25, 0.3) is 15.9 Å². The summed E-state index contributed by atoms with van der Waals surface area (Å²) in [5, 5.41) is 0. The van der Waals surface area contributed by atoms with Crippen LogP contribution in [0.2, 0.25) is 0 Å². The quantitative estimate of drug-likeness (QED) is 0.705. The Morgan fingerprint density at radius 1 is 1.29 bits per heavy atom. The Morgan fingerprint density at radius 2 is 2.07 bits per heavy atom. The average molecular weight is 379 g/mol. The number of nitrogens with two attached hydrogens (primary N) is 1. The standard InChI is InChI=1S/C21H22FN5O/c1-24-15-8-6-14(7-9-15)12-27-18-4-3-5-19(28-2)20(18)25-21(27)26-11-10-16(22)17(23)13-26/h3-9,16-17H,10-13,23H2,2H3/t16-,17-/m1/s1. The van der Waals surface area contributed by atoms with Crippen molar-refractivity contribution < 1.29 is 9.13 Å². The van der Waals surface area contributed by atoms with Crippen LogP contribution in [-0.4, -0.2) is 42.0 Å². The van der Waals surface area contributed by atoms with Crippen molar-refractivity contribution in [2.45, 2.75) is 25.2 Å². The fraction of sp³-hybridized carbons (Fsp3) is 0.333. The van der Waals surface area contributed by atoms with Gasteiger partial charge in [-0.15, -0.1) is 0 Å². The smallest absolute Gasteiger partial charge is 0.207 e. The number of hydrogen-bond acceptors (Lipinski definition) is 4. The van der Waals surface area contributed by atoms with Gasteiger partial charge >= 0.3 is 0 Å². The molecule has 0 unspecified atom stereocenters. The number of rotatable bonds is 4. The van der Waals surface area contributed by atoms with Gasteiger partial charge in [0.15, 0.2) is 5.69 Å². The van der Waals surface area contributed by atoms with Gasteiger partial charge in [0.05, 0.1) is 31.8 Å². The number of hydrogen-bond donors (Lipinski definition) is 1. The summed E-state index contributed by atoms with van der Waals surface area (Å²) in [5.41, 5.74) is 9.36. The summed E-state index contributed by atoms with van der Waals surface area (Å²) < 4.78 is 21.5. The summed E-state index contributed by atoms with van der Waals surface area (Å²) in [6.45, 7) is 8.69. The lowest BCUT2D eigenvalue weighted by Crippen LogP contribution is -2.50. The number of para-hydroxylation sites is 1. The average Bonchev–Trinajstić information content (AvgIpc) is 3.09. The van der Waals surface area contributed by atoms with E-state index in [0.29, 0.717) is 37.5 Å². The van der Waals surface area contributed by atoms with Crippen LogP contribution in [0.15, 0.2) is 42.5 Å². The Kier molecular flexibility index (Phi) is 4.88. The minimum Gasteiger partial charge on any atom is -0.494 e. The van der Waals surface area contributed by atoms with Crippen LogP contribution in [0.1, 0.15) is 12.0 Å². The van der Waals surface area contributed by atoms with E-state index in [2.05, 4.69) is 9.41 Å². The number of piperidine rings is 1. The number of halogens is 1. The van der Waals surface area contributed by atoms with E-state index in [9.17, 15) is 4.39 Å². The lowest BCUT2D eigenvalue weighted by atomic mass is 10.1. The van der Waals surface area contributed by atoms with Gasteiger partial charge in [0, 0.05) is 13.1 Å². The molecule has 4 rings (SSSR count). The van der Waals surface area contributed by atoms with Crippen molar-refractivity contribution in [1.29, 1.82) is 0 Å². The first kappa shape index (κ1) is 18.3. The SMILES string of the molecule is [C-]#[N+]c1ccc(Cn2c(N3CC[C@@H](F)[C@H](N)C3)nc3c(OC)cccc32)cc1. The van der Waals surface area contributed by atoms with E-state index in [4.69, 9.17) is 22.0 Å². The van der Waals surface area contributed by atoms with Crippen molar-refractivity contribution in [3.8, 4) is 5.75 Å². The number of imidazole rings is 1. The fourth-order valence-corrected chi connectivity index (χ4v) is 3.66. The van der Waals surface area contributed by atoms with Crippen LogP contribution in [-0.2, 0) is 6.54 Å². The van der Waals surface area contributed by atoms with Gasteiger partial charge in [-0.3, -0.25) is 0 Å². The molecule has 0 bridgehead atoms. The summed E-state index contributed by atoms with van der Waals surface area (Å²) >= 11 is 0. The van der Waals surface area contributed by atoms with Crippen molar-refractivity contribution in [2.24, 2.45) is 5.73 Å². The second kappa shape index (κ2) is 7.49. The number of ether oxygens (including phenoxy) is 1. The maximum Gasteiger partial charge on any atom is 0.207 e. The predicted molar refractivity (Wildman–Crippen MR) is 108 cm³/mol. The second-order valence-electron chi connectivity index (χ2n) is 7.02. The zero-order valence-electron chi connectivity index (χ0n) is 15.7. The highest BCUT2D eigenvalue weighted by Gasteiger charge is 2.29. The van der Waals surface area contributed by atoms with Crippen molar-refractivity contribution in [3.63, 3.8) is 0 Å². The molecule has 2 atom stereocenters. The van der Waals surface area contributed by atoms with Crippen LogP contribution >= 0.6 is 0 Å². The minimum absolute atomic E-state index is 0.390. The first-order valence-electron chi connectivity index (χ1n) is 9.25. The molecule has 0 spiro atoms. The third-order valence-electron chi connectivity index (χ3n) is 5.20. The van der Waals surface area contributed by atoms with Gasteiger partial charge < -0.3 is 19.9 Å². The van der Waals surface area contributed by atoms with E-state index in [0.717, 1.165) is 22.5 Å². The topological polar surface area (TPSA) is 60.7 Å². The molecular formula is C21H22FN5O. The maximum atomic E-state index is 13.9. The fourth-order valence-electron chi connectivity index (χ4n) is 3.66. The summed E-state index contributed by atoms with van der Waals surface area (Å²) in [4.78, 5) is 10.3. The zero-order chi connectivity index (χ0) is 19.7. The van der Waals surface area contributed by atoms with Crippen LogP contribution < -0.4 is 15.4 Å². The number of nitrogens with zero attached hydrogens (tertiary/aromatic N) is 4. The minimum atomic E-state index is -0.982. The largest absolute Gasteiger partial charge is 0.494 e. The Morgan fingerprint density at radius 3 is 2.75 bits per heavy atom. The lowest BCUT2D eigenvalue weighted by Gasteiger charge is -2.34. The Bertz CT molecular complexity index is 1020. The number of alkyl halides is 1. The Labute approximate surface area is 163 Å². The molecule has 2 N–H and O–H groups in total. The van der Waals surface area contributed by atoms with Crippen molar-refractivity contribution in [2.75, 3.05) is 25.1 Å². The molecule has 1 aliphatic heterocycles. The van der Waals surface area contributed by atoms with Gasteiger partial charge in [-0.2, -0.15) is 0 Å². The predicted octanol–water partition coefficient (Wildman–Crippen LogP) is 3.52. The van der Waals surface area contributed by atoms with Gasteiger partial charge in [-0.25, -0.2) is 14.2 Å². The molecule has 1 aromatic heterocycles. The lowest BCUT2D eigenvalue weighted by molar-refractivity contribution is 0.243. The van der Waals surface area contributed by atoms with E-state index >= 15 is 0 Å². The van der Waals surface area contributed by atoms with Gasteiger partial charge in [0.1, 0.15) is 17.4 Å². The van der Waals surface area contributed by atoms with E-state index in [-0.39, 0.29) is 0 Å². The highest BCUT2D eigenvalue weighted by molar-refractivity contribution is 5.85. The summed E-state index contributed by atoms with van der Waals surface area (Å²) in [5.74, 6) is 1.46. The number of aromatic nitrogens is 2. The normalized spacial score (nSPS) is 19.6. The maximum absolute atomic E-state index is 13.9. The number of methoxy groups -OCH3 is 1.